The molecular weight excluding hydrogens is 801 g/mol. The minimum absolute atomic E-state index is 0.126. The first-order chi connectivity index (χ1) is 31.7. The molecule has 10 heterocycles. The van der Waals surface area contributed by atoms with Crippen LogP contribution in [-0.4, -0.2) is 123 Å². The molecule has 0 aromatic heterocycles. The minimum atomic E-state index is -0.215. The number of benzene rings is 5. The lowest BCUT2D eigenvalue weighted by Crippen LogP contribution is -2.60. The number of para-hydroxylation sites is 5. The van der Waals surface area contributed by atoms with Gasteiger partial charge in [-0.25, -0.2) is 0 Å². The van der Waals surface area contributed by atoms with Crippen molar-refractivity contribution in [3.63, 3.8) is 0 Å². The smallest absolute Gasteiger partial charge is 0.0933 e. The summed E-state index contributed by atoms with van der Waals surface area (Å²) in [7, 11) is 11.7. The summed E-state index contributed by atoms with van der Waals surface area (Å²) in [5, 5.41) is 21.2. The molecule has 10 aliphatic rings. The topological polar surface area (TPSA) is 76.4 Å². The number of fused-ring (bicyclic) bond motifs is 16. The number of nitrogens with one attached hydrogen (secondary N) is 5. The largest absolute Gasteiger partial charge is 0.368 e. The molecule has 0 bridgehead atoms. The second-order valence-corrected chi connectivity index (χ2v) is 22.0. The quantitative estimate of drug-likeness (QED) is 0.129. The van der Waals surface area contributed by atoms with Gasteiger partial charge in [-0.15, -0.1) is 0 Å². The number of hydrogen-bond acceptors (Lipinski definition) is 10. The second-order valence-electron chi connectivity index (χ2n) is 22.0. The van der Waals surface area contributed by atoms with E-state index in [0.717, 1.165) is 64.8 Å². The SMILES string of the molecule is CN1CC[C@@]2(c3cccc4c3N[C@H]3N(C)CC[C@@]43c3cccc4c3N[C@@H]3N(C)CC[C@]43[C@]34CCN(C)[C@H]3Nc3c([C@@]56CCN(C)[C@@H]5Nc5ccccc56)cccc34)c3ccccc3N[C@H]12. The van der Waals surface area contributed by atoms with Crippen molar-refractivity contribution in [3.05, 3.63) is 148 Å². The van der Waals surface area contributed by atoms with Crippen molar-refractivity contribution in [2.75, 3.05) is 94.5 Å². The van der Waals surface area contributed by atoms with E-state index in [1.54, 1.807) is 0 Å². The molecule has 5 fully saturated rings. The summed E-state index contributed by atoms with van der Waals surface area (Å²) >= 11 is 0. The molecule has 5 N–H and O–H groups in total. The Bertz CT molecular complexity index is 2880. The maximum atomic E-state index is 4.46. The Morgan fingerprint density at radius 1 is 0.323 bits per heavy atom. The van der Waals surface area contributed by atoms with Gasteiger partial charge < -0.3 is 26.6 Å². The van der Waals surface area contributed by atoms with Crippen LogP contribution < -0.4 is 26.6 Å². The summed E-state index contributed by atoms with van der Waals surface area (Å²) in [4.78, 5) is 13.0. The Kier molecular flexibility index (Phi) is 7.29. The summed E-state index contributed by atoms with van der Waals surface area (Å²) in [6.45, 7) is 5.33. The molecule has 65 heavy (non-hydrogen) atoms. The van der Waals surface area contributed by atoms with Gasteiger partial charge in [0.25, 0.3) is 0 Å². The molecule has 0 saturated carbocycles. The highest BCUT2D eigenvalue weighted by Crippen LogP contribution is 2.70. The first-order valence-electron chi connectivity index (χ1n) is 24.6. The number of likely N-dealkylation sites (tertiary alicyclic amines) is 5. The zero-order valence-corrected chi connectivity index (χ0v) is 38.5. The number of likely N-dealkylation sites (N-methyl/N-ethyl adjacent to an activating group) is 5. The third-order valence-electron chi connectivity index (χ3n) is 19.9. The highest BCUT2D eigenvalue weighted by atomic mass is 15.4. The fourth-order valence-electron chi connectivity index (χ4n) is 17.3. The van der Waals surface area contributed by atoms with Gasteiger partial charge in [0.05, 0.1) is 47.1 Å². The van der Waals surface area contributed by atoms with Gasteiger partial charge in [-0.05, 0) is 124 Å². The fraction of sp³-hybridized carbons (Fsp3) is 0.455. The van der Waals surface area contributed by atoms with Crippen LogP contribution in [0.5, 0.6) is 0 Å². The van der Waals surface area contributed by atoms with E-state index in [9.17, 15) is 0 Å². The van der Waals surface area contributed by atoms with Crippen LogP contribution in [0.4, 0.5) is 28.4 Å². The molecule has 5 saturated heterocycles. The molecule has 0 aliphatic carbocycles. The third kappa shape index (κ3) is 4.09. The number of nitrogens with zero attached hydrogens (tertiary/aromatic N) is 5. The van der Waals surface area contributed by atoms with E-state index in [4.69, 9.17) is 0 Å². The Morgan fingerprint density at radius 2 is 0.615 bits per heavy atom. The lowest BCUT2D eigenvalue weighted by atomic mass is 9.54. The molecule has 0 unspecified atom stereocenters. The van der Waals surface area contributed by atoms with E-state index in [0.29, 0.717) is 0 Å². The minimum Gasteiger partial charge on any atom is -0.368 e. The predicted molar refractivity (Wildman–Crippen MR) is 261 cm³/mol. The summed E-state index contributed by atoms with van der Waals surface area (Å²) in [5.74, 6) is 0. The van der Waals surface area contributed by atoms with Crippen LogP contribution in [0, 0.1) is 0 Å². The Balaban J connectivity index is 0.926. The van der Waals surface area contributed by atoms with E-state index < -0.39 is 0 Å². The van der Waals surface area contributed by atoms with Crippen molar-refractivity contribution in [2.24, 2.45) is 0 Å². The average molecular weight is 863 g/mol. The summed E-state index contributed by atoms with van der Waals surface area (Å²) < 4.78 is 0. The van der Waals surface area contributed by atoms with Gasteiger partial charge in [0.1, 0.15) is 0 Å². The van der Waals surface area contributed by atoms with E-state index in [1.807, 2.05) is 0 Å². The number of hydrogen-bond donors (Lipinski definition) is 5. The predicted octanol–water partition coefficient (Wildman–Crippen LogP) is 7.16. The van der Waals surface area contributed by atoms with Crippen molar-refractivity contribution >= 4 is 28.4 Å². The molecule has 10 aliphatic heterocycles. The van der Waals surface area contributed by atoms with Crippen LogP contribution in [0.2, 0.25) is 0 Å². The van der Waals surface area contributed by atoms with Gasteiger partial charge in [-0.2, -0.15) is 0 Å². The summed E-state index contributed by atoms with van der Waals surface area (Å²) in [6, 6.07) is 40.5. The highest BCUT2D eigenvalue weighted by Gasteiger charge is 2.73. The lowest BCUT2D eigenvalue weighted by Gasteiger charge is -2.48. The second kappa shape index (κ2) is 12.5. The summed E-state index contributed by atoms with van der Waals surface area (Å²) in [6.07, 6.45) is 6.47. The third-order valence-corrected chi connectivity index (χ3v) is 19.9. The molecule has 5 aromatic carbocycles. The van der Waals surface area contributed by atoms with Crippen LogP contribution in [0.1, 0.15) is 76.6 Å². The van der Waals surface area contributed by atoms with Crippen molar-refractivity contribution < 1.29 is 0 Å². The Morgan fingerprint density at radius 3 is 1.05 bits per heavy atom. The van der Waals surface area contributed by atoms with Gasteiger partial charge in [0, 0.05) is 72.0 Å². The normalized spacial score (nSPS) is 38.1. The maximum absolute atomic E-state index is 4.46. The highest BCUT2D eigenvalue weighted by molar-refractivity contribution is 5.83. The fourth-order valence-corrected chi connectivity index (χ4v) is 17.3. The van der Waals surface area contributed by atoms with Crippen LogP contribution in [0.3, 0.4) is 0 Å². The zero-order chi connectivity index (χ0) is 43.4. The van der Waals surface area contributed by atoms with Crippen molar-refractivity contribution in [3.8, 4) is 0 Å². The standard InChI is InChI=1S/C55H62N10/c1-61-28-23-51(33-13-6-8-21-41(33)56-46(51)61)35-15-10-16-36-43(35)58-48-53(36,25-30-63(48)3)38-18-12-20-40-45(38)60-50-55(40,27-32-65(50)5)54-26-31-64(4)49(54)59-44-37(17-11-19-39(44)54)52-24-29-62(2)47(52)57-42-22-9-7-14-34(42)52/h6-22,46-50,56-60H,23-32H2,1-5H3/t46-,47+,48+,49-,50-,51+,52+,53+,54+,55+/m1/s1. The molecule has 332 valence electrons. The van der Waals surface area contributed by atoms with Gasteiger partial charge in [-0.3, -0.25) is 24.5 Å². The molecule has 0 radical (unpaired) electrons. The van der Waals surface area contributed by atoms with Gasteiger partial charge in [0.15, 0.2) is 0 Å². The number of rotatable bonds is 4. The molecule has 10 nitrogen and oxygen atoms in total. The molecular formula is C55H62N10. The Hall–Kier alpha value is -5.10. The van der Waals surface area contributed by atoms with Crippen molar-refractivity contribution in [1.29, 1.82) is 0 Å². The first-order valence-corrected chi connectivity index (χ1v) is 24.6. The van der Waals surface area contributed by atoms with E-state index in [1.165, 1.54) is 72.9 Å². The zero-order valence-electron chi connectivity index (χ0n) is 38.5. The monoisotopic (exact) mass is 863 g/mol. The Labute approximate surface area is 383 Å². The van der Waals surface area contributed by atoms with E-state index in [2.05, 4.69) is 189 Å². The van der Waals surface area contributed by atoms with Gasteiger partial charge >= 0.3 is 0 Å². The molecule has 10 atom stereocenters. The van der Waals surface area contributed by atoms with Crippen molar-refractivity contribution in [2.45, 2.75) is 90.0 Å². The number of anilines is 5. The first kappa shape index (κ1) is 38.1. The van der Waals surface area contributed by atoms with Gasteiger partial charge in [-0.1, -0.05) is 91.0 Å². The molecule has 10 heteroatoms. The van der Waals surface area contributed by atoms with Crippen LogP contribution in [0.25, 0.3) is 0 Å². The average Bonchev–Trinajstić information content (AvgIpc) is 4.21. The van der Waals surface area contributed by atoms with Crippen LogP contribution in [-0.2, 0) is 27.1 Å². The summed E-state index contributed by atoms with van der Waals surface area (Å²) in [5.41, 5.74) is 17.8. The van der Waals surface area contributed by atoms with Gasteiger partial charge in [0.2, 0.25) is 0 Å². The van der Waals surface area contributed by atoms with Crippen LogP contribution in [0.15, 0.2) is 103 Å². The van der Waals surface area contributed by atoms with Crippen LogP contribution >= 0.6 is 0 Å². The molecule has 0 spiro atoms. The lowest BCUT2D eigenvalue weighted by molar-refractivity contribution is 0.147. The van der Waals surface area contributed by atoms with Crippen molar-refractivity contribution in [1.82, 2.24) is 24.5 Å². The molecule has 5 aromatic rings. The molecule has 0 amide bonds. The molecule has 15 rings (SSSR count). The van der Waals surface area contributed by atoms with E-state index in [-0.39, 0.29) is 57.9 Å². The van der Waals surface area contributed by atoms with E-state index >= 15 is 0 Å². The maximum Gasteiger partial charge on any atom is 0.0933 e.